The molecule has 1 saturated heterocycles. The van der Waals surface area contributed by atoms with Gasteiger partial charge in [-0.25, -0.2) is 9.69 Å². The fraction of sp³-hybridized carbons (Fsp3) is 0.333. The third kappa shape index (κ3) is 3.87. The summed E-state index contributed by atoms with van der Waals surface area (Å²) in [5, 5.41) is 2.96. The van der Waals surface area contributed by atoms with E-state index in [0.29, 0.717) is 15.6 Å². The van der Waals surface area contributed by atoms with E-state index in [4.69, 9.17) is 11.6 Å². The van der Waals surface area contributed by atoms with Crippen LogP contribution in [-0.2, 0) is 14.4 Å². The Balaban J connectivity index is 2.04. The van der Waals surface area contributed by atoms with E-state index in [9.17, 15) is 19.2 Å². The molecule has 1 fully saturated rings. The Bertz CT molecular complexity index is 674. The number of imide groups is 2. The number of nitrogens with one attached hydrogen (secondary N) is 1. The van der Waals surface area contributed by atoms with Crippen molar-refractivity contribution in [1.29, 1.82) is 0 Å². The molecular weight excluding hydrogens is 322 g/mol. The summed E-state index contributed by atoms with van der Waals surface area (Å²) in [6.45, 7) is 3.25. The standard InChI is InChI=1S/C15H16ClN3O4/c1-9(2)7-18-13(21)14(22)19(15(18)23)8-12(20)17-11-5-3-4-10(16)6-11/h3-6,9H,7-8H2,1-2H3,(H,17,20). The quantitative estimate of drug-likeness (QED) is 0.654. The van der Waals surface area contributed by atoms with Crippen LogP contribution in [-0.4, -0.2) is 46.6 Å². The zero-order valence-electron chi connectivity index (χ0n) is 12.7. The highest BCUT2D eigenvalue weighted by Crippen LogP contribution is 2.16. The van der Waals surface area contributed by atoms with Gasteiger partial charge in [0.05, 0.1) is 0 Å². The van der Waals surface area contributed by atoms with E-state index in [1.165, 1.54) is 6.07 Å². The van der Waals surface area contributed by atoms with Gasteiger partial charge in [0.15, 0.2) is 0 Å². The van der Waals surface area contributed by atoms with Gasteiger partial charge in [-0.15, -0.1) is 0 Å². The van der Waals surface area contributed by atoms with E-state index in [-0.39, 0.29) is 12.5 Å². The Labute approximate surface area is 138 Å². The van der Waals surface area contributed by atoms with Crippen LogP contribution in [0, 0.1) is 5.92 Å². The highest BCUT2D eigenvalue weighted by atomic mass is 35.5. The highest BCUT2D eigenvalue weighted by Gasteiger charge is 2.45. The Morgan fingerprint density at radius 2 is 1.83 bits per heavy atom. The summed E-state index contributed by atoms with van der Waals surface area (Å²) in [4.78, 5) is 49.3. The molecule has 0 unspecified atom stereocenters. The number of rotatable bonds is 5. The van der Waals surface area contributed by atoms with Gasteiger partial charge < -0.3 is 5.32 Å². The molecule has 0 saturated carbocycles. The Hall–Kier alpha value is -2.41. The first kappa shape index (κ1) is 17.0. The molecule has 7 nitrogen and oxygen atoms in total. The number of carbonyl (C=O) groups is 4. The lowest BCUT2D eigenvalue weighted by Crippen LogP contribution is -2.39. The SMILES string of the molecule is CC(C)CN1C(=O)C(=O)N(CC(=O)Nc2cccc(Cl)c2)C1=O. The molecule has 1 aromatic rings. The van der Waals surface area contributed by atoms with Gasteiger partial charge in [-0.05, 0) is 24.1 Å². The third-order valence-corrected chi connectivity index (χ3v) is 3.33. The van der Waals surface area contributed by atoms with Crippen molar-refractivity contribution < 1.29 is 19.2 Å². The van der Waals surface area contributed by atoms with Crippen molar-refractivity contribution in [2.24, 2.45) is 5.92 Å². The summed E-state index contributed by atoms with van der Waals surface area (Å²) < 4.78 is 0. The molecule has 0 atom stereocenters. The average Bonchev–Trinajstić information content (AvgIpc) is 2.64. The molecule has 8 heteroatoms. The normalized spacial score (nSPS) is 14.9. The smallest absolute Gasteiger partial charge is 0.324 e. The number of hydrogen-bond donors (Lipinski definition) is 1. The van der Waals surface area contributed by atoms with Crippen molar-refractivity contribution in [3.05, 3.63) is 29.3 Å². The minimum Gasteiger partial charge on any atom is -0.324 e. The summed E-state index contributed by atoms with van der Waals surface area (Å²) in [6, 6.07) is 5.68. The van der Waals surface area contributed by atoms with E-state index in [1.54, 1.807) is 18.2 Å². The van der Waals surface area contributed by atoms with Gasteiger partial charge in [0, 0.05) is 17.3 Å². The summed E-state index contributed by atoms with van der Waals surface area (Å²) in [5.41, 5.74) is 0.437. The molecule has 0 aliphatic carbocycles. The first-order valence-corrected chi connectivity index (χ1v) is 7.40. The summed E-state index contributed by atoms with van der Waals surface area (Å²) >= 11 is 5.81. The van der Waals surface area contributed by atoms with E-state index >= 15 is 0 Å². The molecular formula is C15H16ClN3O4. The minimum absolute atomic E-state index is 0.0240. The second-order valence-corrected chi connectivity index (χ2v) is 5.98. The van der Waals surface area contributed by atoms with Gasteiger partial charge >= 0.3 is 17.8 Å². The highest BCUT2D eigenvalue weighted by molar-refractivity contribution is 6.45. The van der Waals surface area contributed by atoms with Crippen molar-refractivity contribution in [2.75, 3.05) is 18.4 Å². The molecule has 5 amide bonds. The first-order chi connectivity index (χ1) is 10.8. The number of urea groups is 1. The number of anilines is 1. The molecule has 122 valence electrons. The fourth-order valence-corrected chi connectivity index (χ4v) is 2.32. The van der Waals surface area contributed by atoms with E-state index in [2.05, 4.69) is 5.32 Å². The van der Waals surface area contributed by atoms with Gasteiger partial charge in [-0.2, -0.15) is 0 Å². The van der Waals surface area contributed by atoms with E-state index < -0.39 is 30.3 Å². The van der Waals surface area contributed by atoms with E-state index in [1.807, 2.05) is 13.8 Å². The van der Waals surface area contributed by atoms with Crippen LogP contribution in [0.4, 0.5) is 10.5 Å². The van der Waals surface area contributed by atoms with Crippen LogP contribution in [0.15, 0.2) is 24.3 Å². The third-order valence-electron chi connectivity index (χ3n) is 3.09. The first-order valence-electron chi connectivity index (χ1n) is 7.02. The molecule has 1 aliphatic rings. The fourth-order valence-electron chi connectivity index (χ4n) is 2.13. The van der Waals surface area contributed by atoms with Gasteiger partial charge in [-0.1, -0.05) is 31.5 Å². The summed E-state index contributed by atoms with van der Waals surface area (Å²) in [5.74, 6) is -2.46. The van der Waals surface area contributed by atoms with E-state index in [0.717, 1.165) is 4.90 Å². The van der Waals surface area contributed by atoms with Crippen molar-refractivity contribution in [2.45, 2.75) is 13.8 Å². The summed E-state index contributed by atoms with van der Waals surface area (Å²) in [6.07, 6.45) is 0. The molecule has 1 aromatic carbocycles. The maximum absolute atomic E-state index is 12.1. The molecule has 1 heterocycles. The summed E-state index contributed by atoms with van der Waals surface area (Å²) in [7, 11) is 0. The number of amides is 5. The number of carbonyl (C=O) groups excluding carboxylic acids is 4. The van der Waals surface area contributed by atoms with Crippen LogP contribution < -0.4 is 5.32 Å². The van der Waals surface area contributed by atoms with Crippen molar-refractivity contribution in [1.82, 2.24) is 9.80 Å². The molecule has 0 aromatic heterocycles. The molecule has 2 rings (SSSR count). The Morgan fingerprint density at radius 3 is 2.43 bits per heavy atom. The minimum atomic E-state index is -0.989. The lowest BCUT2D eigenvalue weighted by molar-refractivity contribution is -0.143. The lowest BCUT2D eigenvalue weighted by atomic mass is 10.2. The van der Waals surface area contributed by atoms with Gasteiger partial charge in [-0.3, -0.25) is 19.3 Å². The zero-order valence-corrected chi connectivity index (χ0v) is 13.5. The monoisotopic (exact) mass is 337 g/mol. The average molecular weight is 338 g/mol. The van der Waals surface area contributed by atoms with Crippen molar-refractivity contribution in [3.63, 3.8) is 0 Å². The molecule has 23 heavy (non-hydrogen) atoms. The van der Waals surface area contributed by atoms with Crippen LogP contribution >= 0.6 is 11.6 Å². The molecule has 0 spiro atoms. The largest absolute Gasteiger partial charge is 0.334 e. The van der Waals surface area contributed by atoms with Gasteiger partial charge in [0.25, 0.3) is 0 Å². The van der Waals surface area contributed by atoms with Crippen LogP contribution in [0.2, 0.25) is 5.02 Å². The van der Waals surface area contributed by atoms with Crippen molar-refractivity contribution >= 4 is 41.0 Å². The maximum atomic E-state index is 12.1. The number of benzene rings is 1. The predicted octanol–water partition coefficient (Wildman–Crippen LogP) is 1.73. The molecule has 0 bridgehead atoms. The zero-order chi connectivity index (χ0) is 17.1. The van der Waals surface area contributed by atoms with Crippen LogP contribution in [0.25, 0.3) is 0 Å². The number of hydrogen-bond acceptors (Lipinski definition) is 4. The number of nitrogens with zero attached hydrogens (tertiary/aromatic N) is 2. The number of halogens is 1. The van der Waals surface area contributed by atoms with Crippen LogP contribution in [0.5, 0.6) is 0 Å². The second-order valence-electron chi connectivity index (χ2n) is 5.54. The molecule has 1 N–H and O–H groups in total. The van der Waals surface area contributed by atoms with Crippen molar-refractivity contribution in [3.8, 4) is 0 Å². The van der Waals surface area contributed by atoms with Gasteiger partial charge in [0.2, 0.25) is 5.91 Å². The van der Waals surface area contributed by atoms with Gasteiger partial charge in [0.1, 0.15) is 6.54 Å². The Morgan fingerprint density at radius 1 is 1.17 bits per heavy atom. The lowest BCUT2D eigenvalue weighted by Gasteiger charge is -2.16. The second kappa shape index (κ2) is 6.78. The maximum Gasteiger partial charge on any atom is 0.334 e. The molecule has 0 radical (unpaired) electrons. The predicted molar refractivity (Wildman–Crippen MR) is 83.7 cm³/mol. The van der Waals surface area contributed by atoms with Crippen LogP contribution in [0.1, 0.15) is 13.8 Å². The van der Waals surface area contributed by atoms with Crippen LogP contribution in [0.3, 0.4) is 0 Å². The molecule has 1 aliphatic heterocycles. The topological polar surface area (TPSA) is 86.8 Å². The Kier molecular flexibility index (Phi) is 5.00.